The molecule has 3 fully saturated rings. The lowest BCUT2D eigenvalue weighted by molar-refractivity contribution is -0.307. The van der Waals surface area contributed by atoms with E-state index < -0.39 is 82.7 Å². The highest BCUT2D eigenvalue weighted by Crippen LogP contribution is 2.68. The number of rotatable bonds is 9. The Balaban J connectivity index is 1.52. The maximum absolute atomic E-state index is 13.9. The monoisotopic (exact) mass is 698 g/mol. The molecule has 2 saturated carbocycles. The van der Waals surface area contributed by atoms with E-state index in [1.807, 2.05) is 13.8 Å². The lowest BCUT2D eigenvalue weighted by Crippen LogP contribution is -2.77. The second-order valence-corrected chi connectivity index (χ2v) is 14.2. The van der Waals surface area contributed by atoms with Crippen LogP contribution in [0.2, 0.25) is 0 Å². The molecule has 3 aliphatic rings. The second-order valence-electron chi connectivity index (χ2n) is 14.2. The highest BCUT2D eigenvalue weighted by molar-refractivity contribution is 5.90. The van der Waals surface area contributed by atoms with Crippen molar-refractivity contribution in [2.45, 2.75) is 83.1 Å². The molecule has 6 rings (SSSR count). The number of carbonyl (C=O) groups is 5. The first-order valence-electron chi connectivity index (χ1n) is 17.1. The zero-order valence-electron chi connectivity index (χ0n) is 29.2. The molecule has 0 unspecified atom stereocenters. The third kappa shape index (κ3) is 6.51. The molecule has 11 heteroatoms. The highest BCUT2D eigenvalue weighted by Gasteiger charge is 2.81. The molecule has 2 aliphatic carbocycles. The van der Waals surface area contributed by atoms with Gasteiger partial charge in [0.15, 0.2) is 6.10 Å². The number of esters is 5. The minimum atomic E-state index is -1.60. The van der Waals surface area contributed by atoms with Gasteiger partial charge in [0.2, 0.25) is 0 Å². The van der Waals surface area contributed by atoms with E-state index >= 15 is 0 Å². The Bertz CT molecular complexity index is 1780. The van der Waals surface area contributed by atoms with Crippen LogP contribution in [0.25, 0.3) is 0 Å². The van der Waals surface area contributed by atoms with E-state index in [1.165, 1.54) is 13.8 Å². The van der Waals surface area contributed by atoms with Crippen molar-refractivity contribution in [1.82, 2.24) is 0 Å². The zero-order chi connectivity index (χ0) is 36.6. The van der Waals surface area contributed by atoms with Crippen molar-refractivity contribution < 1.29 is 52.4 Å². The molecule has 3 aromatic rings. The van der Waals surface area contributed by atoms with Gasteiger partial charge in [0.1, 0.15) is 23.9 Å². The van der Waals surface area contributed by atoms with Crippen molar-refractivity contribution in [3.8, 4) is 0 Å². The summed E-state index contributed by atoms with van der Waals surface area (Å²) in [7, 11) is 0. The standard InChI is InChI=1S/C40H42O11/c1-24(41)47-31-21-29(23-46-35(43)26-15-9-6-10-16-26)40-33(50-37(45)28-19-13-8-14-20-28)30(38(3,4)51-40)22-32(39(40,5)34(31)48-25(2)42)49-36(44)27-17-11-7-12-18-27/h6-20,29-34H,21-23H2,1-5H3/t29-,30+,31-,32-,33+,34-,39+,40+/m0/s1. The molecule has 1 spiro atoms. The van der Waals surface area contributed by atoms with Crippen LogP contribution in [0, 0.1) is 17.3 Å². The normalized spacial score (nSPS) is 30.2. The van der Waals surface area contributed by atoms with Crippen LogP contribution in [-0.4, -0.2) is 72.1 Å². The van der Waals surface area contributed by atoms with Crippen molar-refractivity contribution >= 4 is 29.8 Å². The number of fused-ring (bicyclic) bond motifs is 1. The molecule has 8 atom stereocenters. The topological polar surface area (TPSA) is 141 Å². The number of carbonyl (C=O) groups excluding carboxylic acids is 5. The van der Waals surface area contributed by atoms with E-state index in [9.17, 15) is 24.0 Å². The van der Waals surface area contributed by atoms with Crippen LogP contribution in [-0.2, 0) is 38.0 Å². The molecule has 0 radical (unpaired) electrons. The van der Waals surface area contributed by atoms with Crippen LogP contribution < -0.4 is 0 Å². The van der Waals surface area contributed by atoms with Gasteiger partial charge >= 0.3 is 29.8 Å². The summed E-state index contributed by atoms with van der Waals surface area (Å²) in [4.78, 5) is 66.5. The fourth-order valence-corrected chi connectivity index (χ4v) is 8.50. The molecule has 3 aromatic carbocycles. The fraction of sp³-hybridized carbons (Fsp3) is 0.425. The summed E-state index contributed by atoms with van der Waals surface area (Å²) < 4.78 is 37.9. The van der Waals surface area contributed by atoms with Crippen LogP contribution in [0.4, 0.5) is 0 Å². The minimum Gasteiger partial charge on any atom is -0.462 e. The van der Waals surface area contributed by atoms with Crippen molar-refractivity contribution in [2.24, 2.45) is 17.3 Å². The van der Waals surface area contributed by atoms with Crippen LogP contribution in [0.5, 0.6) is 0 Å². The van der Waals surface area contributed by atoms with E-state index in [2.05, 4.69) is 0 Å². The SMILES string of the molecule is CC(=O)O[C@H]1C[C@@H](COC(=O)c2ccccc2)[C@]23OC(C)(C)[C@H](C[C@H](OC(=O)c4ccccc4)[C@]2(C)[C@H]1OC(C)=O)[C@H]3OC(=O)c1ccccc1. The molecule has 51 heavy (non-hydrogen) atoms. The summed E-state index contributed by atoms with van der Waals surface area (Å²) in [6, 6.07) is 25.4. The van der Waals surface area contributed by atoms with Crippen molar-refractivity contribution in [1.29, 1.82) is 0 Å². The number of ether oxygens (including phenoxy) is 6. The van der Waals surface area contributed by atoms with Crippen LogP contribution in [0.1, 0.15) is 78.5 Å². The Morgan fingerprint density at radius 3 is 1.63 bits per heavy atom. The Labute approximate surface area is 296 Å². The molecule has 1 heterocycles. The first-order chi connectivity index (χ1) is 24.3. The van der Waals surface area contributed by atoms with Crippen molar-refractivity contribution in [3.05, 3.63) is 108 Å². The molecule has 1 saturated heterocycles. The van der Waals surface area contributed by atoms with Gasteiger partial charge < -0.3 is 28.4 Å². The summed E-state index contributed by atoms with van der Waals surface area (Å²) in [6.07, 6.45) is -4.20. The number of benzene rings is 3. The molecule has 0 N–H and O–H groups in total. The van der Waals surface area contributed by atoms with E-state index in [4.69, 9.17) is 28.4 Å². The molecular formula is C40H42O11. The average molecular weight is 699 g/mol. The Hall–Kier alpha value is -5.03. The second kappa shape index (κ2) is 13.9. The van der Waals surface area contributed by atoms with Crippen molar-refractivity contribution in [2.75, 3.05) is 6.61 Å². The minimum absolute atomic E-state index is 0.00325. The lowest BCUT2D eigenvalue weighted by Gasteiger charge is -2.63. The van der Waals surface area contributed by atoms with Gasteiger partial charge in [0, 0.05) is 25.7 Å². The van der Waals surface area contributed by atoms with Gasteiger partial charge in [-0.05, 0) is 70.0 Å². The molecule has 11 nitrogen and oxygen atoms in total. The summed E-state index contributed by atoms with van der Waals surface area (Å²) >= 11 is 0. The van der Waals surface area contributed by atoms with Gasteiger partial charge in [-0.15, -0.1) is 0 Å². The summed E-state index contributed by atoms with van der Waals surface area (Å²) in [5, 5.41) is 0. The highest BCUT2D eigenvalue weighted by atomic mass is 16.6. The average Bonchev–Trinajstić information content (AvgIpc) is 3.28. The predicted octanol–water partition coefficient (Wildman–Crippen LogP) is 5.75. The van der Waals surface area contributed by atoms with Crippen LogP contribution in [0.15, 0.2) is 91.0 Å². The lowest BCUT2D eigenvalue weighted by atomic mass is 9.48. The molecular weight excluding hydrogens is 656 g/mol. The van der Waals surface area contributed by atoms with E-state index in [-0.39, 0.29) is 19.4 Å². The van der Waals surface area contributed by atoms with Crippen LogP contribution in [0.3, 0.4) is 0 Å². The molecule has 0 amide bonds. The summed E-state index contributed by atoms with van der Waals surface area (Å²) in [5.41, 5.74) is -3.20. The van der Waals surface area contributed by atoms with Gasteiger partial charge in [0.05, 0.1) is 34.3 Å². The predicted molar refractivity (Wildman–Crippen MR) is 181 cm³/mol. The van der Waals surface area contributed by atoms with Crippen LogP contribution >= 0.6 is 0 Å². The van der Waals surface area contributed by atoms with Gasteiger partial charge in [-0.25, -0.2) is 14.4 Å². The maximum atomic E-state index is 13.9. The molecule has 2 bridgehead atoms. The molecule has 0 aromatic heterocycles. The smallest absolute Gasteiger partial charge is 0.338 e. The third-order valence-corrected chi connectivity index (χ3v) is 10.7. The summed E-state index contributed by atoms with van der Waals surface area (Å²) in [6.45, 7) is 7.69. The number of hydrogen-bond acceptors (Lipinski definition) is 11. The van der Waals surface area contributed by atoms with E-state index in [0.717, 1.165) is 0 Å². The Morgan fingerprint density at radius 1 is 0.627 bits per heavy atom. The van der Waals surface area contributed by atoms with Gasteiger partial charge in [-0.1, -0.05) is 54.6 Å². The van der Waals surface area contributed by atoms with Gasteiger partial charge in [0.25, 0.3) is 0 Å². The van der Waals surface area contributed by atoms with Gasteiger partial charge in [-0.2, -0.15) is 0 Å². The van der Waals surface area contributed by atoms with E-state index in [0.29, 0.717) is 16.7 Å². The first-order valence-corrected chi connectivity index (χ1v) is 17.1. The maximum Gasteiger partial charge on any atom is 0.338 e. The largest absolute Gasteiger partial charge is 0.462 e. The Kier molecular flexibility index (Phi) is 9.78. The van der Waals surface area contributed by atoms with E-state index in [1.54, 1.807) is 97.9 Å². The summed E-state index contributed by atoms with van der Waals surface area (Å²) in [5.74, 6) is -4.51. The Morgan fingerprint density at radius 2 is 1.12 bits per heavy atom. The number of hydrogen-bond donors (Lipinski definition) is 0. The first kappa shape index (κ1) is 35.8. The molecule has 1 aliphatic heterocycles. The van der Waals surface area contributed by atoms with Crippen molar-refractivity contribution in [3.63, 3.8) is 0 Å². The third-order valence-electron chi connectivity index (χ3n) is 10.7. The molecule has 268 valence electrons. The zero-order valence-corrected chi connectivity index (χ0v) is 29.2. The quantitative estimate of drug-likeness (QED) is 0.199. The fourth-order valence-electron chi connectivity index (χ4n) is 8.50. The van der Waals surface area contributed by atoms with Gasteiger partial charge in [-0.3, -0.25) is 9.59 Å².